The number of aryl methyl sites for hydroxylation is 1. The van der Waals surface area contributed by atoms with Gasteiger partial charge in [-0.05, 0) is 24.6 Å². The van der Waals surface area contributed by atoms with Crippen molar-refractivity contribution >= 4 is 5.69 Å². The van der Waals surface area contributed by atoms with Crippen molar-refractivity contribution in [2.45, 2.75) is 12.8 Å². The summed E-state index contributed by atoms with van der Waals surface area (Å²) >= 11 is 0. The molecule has 0 bridgehead atoms. The lowest BCUT2D eigenvalue weighted by molar-refractivity contribution is -0.384. The number of aliphatic hydroxyl groups excluding tert-OH is 1. The second-order valence-corrected chi connectivity index (χ2v) is 6.27. The number of nitriles is 1. The molecule has 8 nitrogen and oxygen atoms in total. The topological polar surface area (TPSA) is 114 Å². The van der Waals surface area contributed by atoms with E-state index in [1.807, 2.05) is 36.4 Å². The van der Waals surface area contributed by atoms with E-state index in [2.05, 4.69) is 5.10 Å². The Bertz CT molecular complexity index is 1160. The number of nitrogens with zero attached hydrogens (tertiary/aromatic N) is 4. The lowest BCUT2D eigenvalue weighted by Crippen LogP contribution is -2.17. The van der Waals surface area contributed by atoms with Crippen LogP contribution in [0.5, 0.6) is 5.88 Å². The van der Waals surface area contributed by atoms with Crippen LogP contribution in [0.15, 0.2) is 66.1 Å². The van der Waals surface area contributed by atoms with Crippen molar-refractivity contribution in [3.05, 3.63) is 93.1 Å². The molecule has 0 saturated heterocycles. The molecule has 0 spiro atoms. The fourth-order valence-electron chi connectivity index (χ4n) is 3.37. The van der Waals surface area contributed by atoms with E-state index in [4.69, 9.17) is 4.74 Å². The minimum atomic E-state index is -0.730. The predicted molar refractivity (Wildman–Crippen MR) is 99.1 cm³/mol. The van der Waals surface area contributed by atoms with Gasteiger partial charge in [-0.25, -0.2) is 4.68 Å². The van der Waals surface area contributed by atoms with Crippen LogP contribution in [0.1, 0.15) is 22.7 Å². The Kier molecular flexibility index (Phi) is 4.05. The molecule has 4 rings (SSSR count). The summed E-state index contributed by atoms with van der Waals surface area (Å²) in [6, 6.07) is 17.2. The number of allylic oxidation sites excluding steroid dienone is 1. The Morgan fingerprint density at radius 1 is 1.25 bits per heavy atom. The molecule has 1 aliphatic rings. The second-order valence-electron chi connectivity index (χ2n) is 6.27. The van der Waals surface area contributed by atoms with Crippen LogP contribution in [0, 0.1) is 28.4 Å². The Labute approximate surface area is 159 Å². The third-order valence-corrected chi connectivity index (χ3v) is 4.60. The molecule has 28 heavy (non-hydrogen) atoms. The zero-order valence-corrected chi connectivity index (χ0v) is 14.7. The number of benzene rings is 2. The summed E-state index contributed by atoms with van der Waals surface area (Å²) in [6.07, 6.45) is 0. The first-order chi connectivity index (χ1) is 13.5. The first-order valence-corrected chi connectivity index (χ1v) is 8.41. The molecule has 0 fully saturated rings. The highest BCUT2D eigenvalue weighted by molar-refractivity contribution is 5.57. The van der Waals surface area contributed by atoms with Crippen LogP contribution in [-0.2, 0) is 0 Å². The molecule has 3 aromatic rings. The molecule has 0 saturated carbocycles. The van der Waals surface area contributed by atoms with E-state index in [0.717, 1.165) is 5.69 Å². The van der Waals surface area contributed by atoms with Crippen LogP contribution in [0.4, 0.5) is 5.69 Å². The number of aromatic nitrogens is 2. The van der Waals surface area contributed by atoms with Crippen molar-refractivity contribution in [1.29, 1.82) is 5.26 Å². The summed E-state index contributed by atoms with van der Waals surface area (Å²) in [5.74, 6) is -0.994. The molecule has 1 atom stereocenters. The van der Waals surface area contributed by atoms with Gasteiger partial charge in [-0.3, -0.25) is 10.1 Å². The van der Waals surface area contributed by atoms with Crippen LogP contribution in [0.3, 0.4) is 0 Å². The molecule has 2 heterocycles. The van der Waals surface area contributed by atoms with Gasteiger partial charge in [0, 0.05) is 12.1 Å². The van der Waals surface area contributed by atoms with Gasteiger partial charge in [0.1, 0.15) is 11.6 Å². The summed E-state index contributed by atoms with van der Waals surface area (Å²) in [4.78, 5) is 10.7. The minimum Gasteiger partial charge on any atom is -0.480 e. The summed E-state index contributed by atoms with van der Waals surface area (Å²) in [6.45, 7) is 1.77. The largest absolute Gasteiger partial charge is 0.480 e. The summed E-state index contributed by atoms with van der Waals surface area (Å²) < 4.78 is 7.09. The number of non-ortho nitro benzene ring substituents is 1. The molecule has 1 N–H and O–H groups in total. The molecule has 0 radical (unpaired) electrons. The van der Waals surface area contributed by atoms with E-state index < -0.39 is 16.8 Å². The van der Waals surface area contributed by atoms with Crippen molar-refractivity contribution in [3.8, 4) is 17.6 Å². The Balaban J connectivity index is 1.96. The summed E-state index contributed by atoms with van der Waals surface area (Å²) in [5.41, 5.74) is 2.27. The third kappa shape index (κ3) is 2.66. The summed E-state index contributed by atoms with van der Waals surface area (Å²) in [5, 5.41) is 35.7. The van der Waals surface area contributed by atoms with Crippen molar-refractivity contribution in [2.24, 2.45) is 0 Å². The maximum absolute atomic E-state index is 11.2. The van der Waals surface area contributed by atoms with E-state index in [-0.39, 0.29) is 17.1 Å². The standard InChI is InChI=1S/C20H14N4O4/c1-12-17-18(13-6-5-9-15(10-13)24(26)27)16(11-21)20(25)28-19(17)23(22-12)14-7-3-2-4-8-14/h2-10,18,25H,1H3/t18-/m0/s1. The lowest BCUT2D eigenvalue weighted by atomic mass is 9.84. The van der Waals surface area contributed by atoms with Crippen LogP contribution in [0.25, 0.3) is 5.69 Å². The molecule has 0 unspecified atom stereocenters. The average molecular weight is 374 g/mol. The number of nitro groups is 1. The number of fused-ring (bicyclic) bond motifs is 1. The van der Waals surface area contributed by atoms with Crippen LogP contribution in [-0.4, -0.2) is 19.8 Å². The van der Waals surface area contributed by atoms with Crippen LogP contribution >= 0.6 is 0 Å². The van der Waals surface area contributed by atoms with E-state index >= 15 is 0 Å². The highest BCUT2D eigenvalue weighted by Crippen LogP contribution is 2.45. The molecule has 1 aliphatic heterocycles. The first-order valence-electron chi connectivity index (χ1n) is 8.41. The number of hydrogen-bond donors (Lipinski definition) is 1. The molecule has 0 aliphatic carbocycles. The van der Waals surface area contributed by atoms with Crippen LogP contribution in [0.2, 0.25) is 0 Å². The number of ether oxygens (including phenoxy) is 1. The van der Waals surface area contributed by atoms with E-state index in [9.17, 15) is 20.5 Å². The maximum Gasteiger partial charge on any atom is 0.298 e. The van der Waals surface area contributed by atoms with E-state index in [1.54, 1.807) is 23.7 Å². The normalized spacial score (nSPS) is 15.5. The molecule has 2 aromatic carbocycles. The first kappa shape index (κ1) is 17.3. The average Bonchev–Trinajstić information content (AvgIpc) is 3.03. The zero-order valence-electron chi connectivity index (χ0n) is 14.7. The van der Waals surface area contributed by atoms with E-state index in [0.29, 0.717) is 16.8 Å². The highest BCUT2D eigenvalue weighted by atomic mass is 16.6. The van der Waals surface area contributed by atoms with Gasteiger partial charge in [0.25, 0.3) is 11.6 Å². The number of aliphatic hydroxyl groups is 1. The van der Waals surface area contributed by atoms with Gasteiger partial charge in [-0.15, -0.1) is 0 Å². The van der Waals surface area contributed by atoms with Gasteiger partial charge < -0.3 is 9.84 Å². The van der Waals surface area contributed by atoms with E-state index in [1.165, 1.54) is 12.1 Å². The second kappa shape index (κ2) is 6.55. The van der Waals surface area contributed by atoms with Gasteiger partial charge >= 0.3 is 0 Å². The quantitative estimate of drug-likeness (QED) is 0.549. The number of rotatable bonds is 3. The number of para-hydroxylation sites is 1. The molecule has 8 heteroatoms. The predicted octanol–water partition coefficient (Wildman–Crippen LogP) is 3.91. The summed E-state index contributed by atoms with van der Waals surface area (Å²) in [7, 11) is 0. The molecule has 138 valence electrons. The van der Waals surface area contributed by atoms with Crippen molar-refractivity contribution in [2.75, 3.05) is 0 Å². The fourth-order valence-corrected chi connectivity index (χ4v) is 3.37. The molecular formula is C20H14N4O4. The molecule has 1 aromatic heterocycles. The molecular weight excluding hydrogens is 360 g/mol. The SMILES string of the molecule is Cc1nn(-c2ccccc2)c2c1[C@@H](c1cccc([N+](=O)[O-])c1)C(C#N)=C(O)O2. The highest BCUT2D eigenvalue weighted by Gasteiger charge is 2.37. The Morgan fingerprint density at radius 2 is 2.00 bits per heavy atom. The van der Waals surface area contributed by atoms with Crippen molar-refractivity contribution in [1.82, 2.24) is 9.78 Å². The minimum absolute atomic E-state index is 0.0243. The van der Waals surface area contributed by atoms with Gasteiger partial charge in [-0.1, -0.05) is 30.3 Å². The fraction of sp³-hybridized carbons (Fsp3) is 0.100. The van der Waals surface area contributed by atoms with Crippen molar-refractivity contribution in [3.63, 3.8) is 0 Å². The Morgan fingerprint density at radius 3 is 2.68 bits per heavy atom. The van der Waals surface area contributed by atoms with Gasteiger partial charge in [0.05, 0.1) is 27.8 Å². The van der Waals surface area contributed by atoms with Gasteiger partial charge in [-0.2, -0.15) is 10.4 Å². The lowest BCUT2D eigenvalue weighted by Gasteiger charge is -2.23. The van der Waals surface area contributed by atoms with Gasteiger partial charge in [0.15, 0.2) is 0 Å². The zero-order chi connectivity index (χ0) is 19.8. The molecule has 0 amide bonds. The third-order valence-electron chi connectivity index (χ3n) is 4.60. The monoisotopic (exact) mass is 374 g/mol. The maximum atomic E-state index is 11.2. The van der Waals surface area contributed by atoms with Gasteiger partial charge in [0.2, 0.25) is 5.88 Å². The number of hydrogen-bond acceptors (Lipinski definition) is 6. The smallest absolute Gasteiger partial charge is 0.298 e. The number of nitro benzene ring substituents is 1. The Hall–Kier alpha value is -4.12. The van der Waals surface area contributed by atoms with Crippen molar-refractivity contribution < 1.29 is 14.8 Å². The van der Waals surface area contributed by atoms with Crippen LogP contribution < -0.4 is 4.74 Å².